The first-order valence-corrected chi connectivity index (χ1v) is 7.12. The number of methoxy groups -OCH3 is 2. The summed E-state index contributed by atoms with van der Waals surface area (Å²) in [4.78, 5) is 12.6. The van der Waals surface area contributed by atoms with Crippen LogP contribution in [0.5, 0.6) is 11.5 Å². The van der Waals surface area contributed by atoms with Crippen LogP contribution < -0.4 is 9.47 Å². The maximum Gasteiger partial charge on any atom is 0.199 e. The Kier molecular flexibility index (Phi) is 5.01. The SMILES string of the molecule is COc1cccc(OC)c1C(=O)C(O)C1CCCCC1. The molecule has 1 aliphatic rings. The van der Waals surface area contributed by atoms with Crippen molar-refractivity contribution in [3.8, 4) is 11.5 Å². The Hall–Kier alpha value is -1.55. The van der Waals surface area contributed by atoms with E-state index < -0.39 is 6.10 Å². The summed E-state index contributed by atoms with van der Waals surface area (Å²) in [5, 5.41) is 10.4. The van der Waals surface area contributed by atoms with Crippen molar-refractivity contribution in [3.63, 3.8) is 0 Å². The third-order valence-electron chi connectivity index (χ3n) is 4.04. The highest BCUT2D eigenvalue weighted by Gasteiger charge is 2.31. The van der Waals surface area contributed by atoms with Crippen LogP contribution in [0.15, 0.2) is 18.2 Å². The number of aliphatic hydroxyl groups excluding tert-OH is 1. The summed E-state index contributed by atoms with van der Waals surface area (Å²) in [6.07, 6.45) is 4.20. The molecule has 0 aromatic heterocycles. The van der Waals surface area contributed by atoms with Gasteiger partial charge in [0, 0.05) is 0 Å². The monoisotopic (exact) mass is 278 g/mol. The Morgan fingerprint density at radius 1 is 1.15 bits per heavy atom. The van der Waals surface area contributed by atoms with E-state index in [1.165, 1.54) is 20.6 Å². The molecule has 0 spiro atoms. The van der Waals surface area contributed by atoms with Crippen LogP contribution in [-0.2, 0) is 0 Å². The van der Waals surface area contributed by atoms with Gasteiger partial charge in [-0.05, 0) is 30.9 Å². The third-order valence-corrected chi connectivity index (χ3v) is 4.04. The van der Waals surface area contributed by atoms with Gasteiger partial charge >= 0.3 is 0 Å². The lowest BCUT2D eigenvalue weighted by Gasteiger charge is -2.26. The third kappa shape index (κ3) is 2.96. The summed E-state index contributed by atoms with van der Waals surface area (Å²) in [5.74, 6) is 0.644. The van der Waals surface area contributed by atoms with Crippen LogP contribution in [-0.4, -0.2) is 31.2 Å². The van der Waals surface area contributed by atoms with Gasteiger partial charge in [-0.1, -0.05) is 25.3 Å². The zero-order valence-corrected chi connectivity index (χ0v) is 12.1. The molecule has 0 aliphatic heterocycles. The normalized spacial score (nSPS) is 17.6. The van der Waals surface area contributed by atoms with Gasteiger partial charge in [0.15, 0.2) is 5.78 Å². The minimum absolute atomic E-state index is 0.0471. The summed E-state index contributed by atoms with van der Waals surface area (Å²) in [6.45, 7) is 0. The van der Waals surface area contributed by atoms with E-state index in [2.05, 4.69) is 0 Å². The van der Waals surface area contributed by atoms with Crippen LogP contribution in [0.1, 0.15) is 42.5 Å². The lowest BCUT2D eigenvalue weighted by molar-refractivity contribution is 0.0529. The smallest absolute Gasteiger partial charge is 0.199 e. The minimum Gasteiger partial charge on any atom is -0.496 e. The zero-order valence-electron chi connectivity index (χ0n) is 12.1. The van der Waals surface area contributed by atoms with E-state index in [1.54, 1.807) is 18.2 Å². The van der Waals surface area contributed by atoms with Crippen molar-refractivity contribution in [1.82, 2.24) is 0 Å². The van der Waals surface area contributed by atoms with E-state index in [1.807, 2.05) is 0 Å². The average molecular weight is 278 g/mol. The Morgan fingerprint density at radius 2 is 1.70 bits per heavy atom. The molecule has 0 radical (unpaired) electrons. The van der Waals surface area contributed by atoms with Crippen molar-refractivity contribution < 1.29 is 19.4 Å². The molecule has 1 aromatic carbocycles. The molecule has 20 heavy (non-hydrogen) atoms. The number of carbonyl (C=O) groups excluding carboxylic acids is 1. The van der Waals surface area contributed by atoms with E-state index in [0.717, 1.165) is 25.7 Å². The molecule has 1 atom stereocenters. The lowest BCUT2D eigenvalue weighted by Crippen LogP contribution is -2.31. The number of rotatable bonds is 5. The summed E-state index contributed by atoms with van der Waals surface area (Å²) in [7, 11) is 3.02. The second-order valence-electron chi connectivity index (χ2n) is 5.24. The highest BCUT2D eigenvalue weighted by atomic mass is 16.5. The minimum atomic E-state index is -0.972. The van der Waals surface area contributed by atoms with Gasteiger partial charge in [0.1, 0.15) is 23.2 Å². The van der Waals surface area contributed by atoms with Crippen molar-refractivity contribution in [2.24, 2.45) is 5.92 Å². The largest absolute Gasteiger partial charge is 0.496 e. The zero-order chi connectivity index (χ0) is 14.5. The molecule has 1 aromatic rings. The van der Waals surface area contributed by atoms with Gasteiger partial charge in [-0.2, -0.15) is 0 Å². The number of ketones is 1. The van der Waals surface area contributed by atoms with Crippen molar-refractivity contribution in [2.45, 2.75) is 38.2 Å². The molecule has 1 aliphatic carbocycles. The summed E-state index contributed by atoms with van der Waals surface area (Å²) >= 11 is 0. The Morgan fingerprint density at radius 3 is 2.20 bits per heavy atom. The van der Waals surface area contributed by atoms with E-state index in [0.29, 0.717) is 17.1 Å². The molecule has 2 rings (SSSR count). The first-order chi connectivity index (χ1) is 9.69. The van der Waals surface area contributed by atoms with Gasteiger partial charge in [0.05, 0.1) is 14.2 Å². The fraction of sp³-hybridized carbons (Fsp3) is 0.562. The topological polar surface area (TPSA) is 55.8 Å². The predicted octanol–water partition coefficient (Wildman–Crippen LogP) is 2.83. The number of ether oxygens (including phenoxy) is 2. The molecule has 4 nitrogen and oxygen atoms in total. The molecular formula is C16H22O4. The second kappa shape index (κ2) is 6.75. The maximum absolute atomic E-state index is 12.6. The van der Waals surface area contributed by atoms with Gasteiger partial charge in [0.2, 0.25) is 0 Å². The van der Waals surface area contributed by atoms with Crippen molar-refractivity contribution in [1.29, 1.82) is 0 Å². The number of benzene rings is 1. The summed E-state index contributed by atoms with van der Waals surface area (Å²) in [6, 6.07) is 5.19. The summed E-state index contributed by atoms with van der Waals surface area (Å²) in [5.41, 5.74) is 0.343. The van der Waals surface area contributed by atoms with Crippen LogP contribution in [0, 0.1) is 5.92 Å². The van der Waals surface area contributed by atoms with Crippen LogP contribution in [0.3, 0.4) is 0 Å². The fourth-order valence-corrected chi connectivity index (χ4v) is 2.91. The highest BCUT2D eigenvalue weighted by molar-refractivity contribution is 6.04. The van der Waals surface area contributed by atoms with E-state index in [-0.39, 0.29) is 11.7 Å². The molecule has 0 saturated heterocycles. The standard InChI is InChI=1S/C16H22O4/c1-19-12-9-6-10-13(20-2)14(12)16(18)15(17)11-7-4-3-5-8-11/h6,9-11,15,17H,3-5,7-8H2,1-2H3. The number of Topliss-reactive ketones (excluding diaryl/α,β-unsaturated/α-hetero) is 1. The maximum atomic E-state index is 12.6. The van der Waals surface area contributed by atoms with Gasteiger partial charge in [-0.25, -0.2) is 0 Å². The molecule has 1 saturated carbocycles. The quantitative estimate of drug-likeness (QED) is 0.841. The Labute approximate surface area is 119 Å². The lowest BCUT2D eigenvalue weighted by atomic mass is 9.82. The molecule has 1 fully saturated rings. The molecular weight excluding hydrogens is 256 g/mol. The average Bonchev–Trinajstić information content (AvgIpc) is 2.53. The van der Waals surface area contributed by atoms with Crippen molar-refractivity contribution in [3.05, 3.63) is 23.8 Å². The molecule has 0 amide bonds. The second-order valence-corrected chi connectivity index (χ2v) is 5.24. The number of aliphatic hydroxyl groups is 1. The number of carbonyl (C=O) groups is 1. The molecule has 1 unspecified atom stereocenters. The number of hydrogen-bond donors (Lipinski definition) is 1. The molecule has 4 heteroatoms. The first-order valence-electron chi connectivity index (χ1n) is 7.12. The van der Waals surface area contributed by atoms with Gasteiger partial charge in [-0.15, -0.1) is 0 Å². The number of hydrogen-bond acceptors (Lipinski definition) is 4. The predicted molar refractivity (Wildman–Crippen MR) is 76.5 cm³/mol. The van der Waals surface area contributed by atoms with Crippen molar-refractivity contribution in [2.75, 3.05) is 14.2 Å². The van der Waals surface area contributed by atoms with Crippen LogP contribution in [0.25, 0.3) is 0 Å². The summed E-state index contributed by atoms with van der Waals surface area (Å²) < 4.78 is 10.5. The first kappa shape index (κ1) is 14.9. The van der Waals surface area contributed by atoms with Gasteiger partial charge in [-0.3, -0.25) is 4.79 Å². The molecule has 0 heterocycles. The molecule has 1 N–H and O–H groups in total. The van der Waals surface area contributed by atoms with Crippen LogP contribution >= 0.6 is 0 Å². The fourth-order valence-electron chi connectivity index (χ4n) is 2.91. The molecule has 110 valence electrons. The van der Waals surface area contributed by atoms with Gasteiger partial charge < -0.3 is 14.6 Å². The van der Waals surface area contributed by atoms with Crippen molar-refractivity contribution >= 4 is 5.78 Å². The van der Waals surface area contributed by atoms with E-state index in [9.17, 15) is 9.90 Å². The van der Waals surface area contributed by atoms with Crippen LogP contribution in [0.2, 0.25) is 0 Å². The van der Waals surface area contributed by atoms with Gasteiger partial charge in [0.25, 0.3) is 0 Å². The van der Waals surface area contributed by atoms with E-state index in [4.69, 9.17) is 9.47 Å². The van der Waals surface area contributed by atoms with Crippen LogP contribution in [0.4, 0.5) is 0 Å². The van der Waals surface area contributed by atoms with E-state index >= 15 is 0 Å². The molecule has 0 bridgehead atoms. The Bertz CT molecular complexity index is 441. The highest BCUT2D eigenvalue weighted by Crippen LogP contribution is 2.33. The Balaban J connectivity index is 2.27.